The third-order valence-corrected chi connectivity index (χ3v) is 4.17. The fourth-order valence-corrected chi connectivity index (χ4v) is 3.02. The highest BCUT2D eigenvalue weighted by molar-refractivity contribution is 5.79. The van der Waals surface area contributed by atoms with Crippen molar-refractivity contribution in [2.75, 3.05) is 0 Å². The standard InChI is InChI=1S/C19H17NO5/c21-10-14(9-18(22)23)20-19(24)25-11-13-5-3-7-16-15-6-2-1-4-12(15)8-17(13)16/h1-7,10,14H,8-9,11H2,(H,20,24)(H,22,23). The van der Waals surface area contributed by atoms with Crippen molar-refractivity contribution in [1.29, 1.82) is 0 Å². The van der Waals surface area contributed by atoms with Crippen LogP contribution >= 0.6 is 0 Å². The summed E-state index contributed by atoms with van der Waals surface area (Å²) < 4.78 is 5.16. The van der Waals surface area contributed by atoms with Crippen LogP contribution in [0.2, 0.25) is 0 Å². The van der Waals surface area contributed by atoms with Crippen LogP contribution < -0.4 is 5.32 Å². The summed E-state index contributed by atoms with van der Waals surface area (Å²) in [5.41, 5.74) is 5.57. The van der Waals surface area contributed by atoms with Gasteiger partial charge in [0, 0.05) is 0 Å². The van der Waals surface area contributed by atoms with Gasteiger partial charge in [-0.1, -0.05) is 42.5 Å². The minimum atomic E-state index is -1.17. The highest BCUT2D eigenvalue weighted by atomic mass is 16.5. The second kappa shape index (κ2) is 7.17. The van der Waals surface area contributed by atoms with Crippen molar-refractivity contribution >= 4 is 18.3 Å². The maximum atomic E-state index is 11.8. The molecule has 0 aliphatic heterocycles. The zero-order valence-electron chi connectivity index (χ0n) is 13.4. The fraction of sp³-hybridized carbons (Fsp3) is 0.211. The van der Waals surface area contributed by atoms with Gasteiger partial charge in [-0.25, -0.2) is 4.79 Å². The molecule has 6 nitrogen and oxygen atoms in total. The third-order valence-electron chi connectivity index (χ3n) is 4.17. The van der Waals surface area contributed by atoms with E-state index in [9.17, 15) is 14.4 Å². The molecule has 3 rings (SSSR count). The van der Waals surface area contributed by atoms with Gasteiger partial charge in [-0.15, -0.1) is 0 Å². The molecule has 1 aliphatic rings. The number of alkyl carbamates (subject to hydrolysis) is 1. The Hall–Kier alpha value is -3.15. The maximum Gasteiger partial charge on any atom is 0.408 e. The molecular formula is C19H17NO5. The first-order chi connectivity index (χ1) is 12.1. The van der Waals surface area contributed by atoms with Crippen LogP contribution in [0.15, 0.2) is 42.5 Å². The lowest BCUT2D eigenvalue weighted by Gasteiger charge is -2.13. The molecule has 0 spiro atoms. The predicted octanol–water partition coefficient (Wildman–Crippen LogP) is 2.53. The molecule has 2 aromatic rings. The first-order valence-electron chi connectivity index (χ1n) is 7.88. The van der Waals surface area contributed by atoms with Gasteiger partial charge in [0.2, 0.25) is 0 Å². The lowest BCUT2D eigenvalue weighted by Crippen LogP contribution is -2.37. The molecule has 6 heteroatoms. The number of rotatable bonds is 6. The van der Waals surface area contributed by atoms with Crippen molar-refractivity contribution in [1.82, 2.24) is 5.32 Å². The Kier molecular flexibility index (Phi) is 4.79. The second-order valence-corrected chi connectivity index (χ2v) is 5.84. The molecule has 0 saturated carbocycles. The fourth-order valence-electron chi connectivity index (χ4n) is 3.02. The predicted molar refractivity (Wildman–Crippen MR) is 90.1 cm³/mol. The molecule has 1 atom stereocenters. The Morgan fingerprint density at radius 2 is 1.92 bits per heavy atom. The lowest BCUT2D eigenvalue weighted by molar-refractivity contribution is -0.138. The summed E-state index contributed by atoms with van der Waals surface area (Å²) in [6, 6.07) is 12.9. The summed E-state index contributed by atoms with van der Waals surface area (Å²) in [7, 11) is 0. The topological polar surface area (TPSA) is 92.7 Å². The number of aliphatic carboxylic acids is 1. The highest BCUT2D eigenvalue weighted by Crippen LogP contribution is 2.38. The number of carboxylic acid groups (broad SMARTS) is 1. The summed E-state index contributed by atoms with van der Waals surface area (Å²) in [6.07, 6.45) is -0.129. The van der Waals surface area contributed by atoms with Crippen LogP contribution in [0.25, 0.3) is 11.1 Å². The molecule has 1 unspecified atom stereocenters. The van der Waals surface area contributed by atoms with Gasteiger partial charge in [0.15, 0.2) is 0 Å². The van der Waals surface area contributed by atoms with E-state index in [0.717, 1.165) is 23.1 Å². The summed E-state index contributed by atoms with van der Waals surface area (Å²) in [5, 5.41) is 10.9. The van der Waals surface area contributed by atoms with Crippen LogP contribution in [0.1, 0.15) is 23.1 Å². The Morgan fingerprint density at radius 3 is 2.68 bits per heavy atom. The molecule has 0 aromatic heterocycles. The van der Waals surface area contributed by atoms with E-state index in [1.54, 1.807) is 0 Å². The van der Waals surface area contributed by atoms with Crippen molar-refractivity contribution in [3.05, 3.63) is 59.2 Å². The average molecular weight is 339 g/mol. The van der Waals surface area contributed by atoms with E-state index in [2.05, 4.69) is 17.4 Å². The number of hydrogen-bond acceptors (Lipinski definition) is 4. The summed E-state index contributed by atoms with van der Waals surface area (Å²) in [6.45, 7) is 0.0572. The van der Waals surface area contributed by atoms with Crippen molar-refractivity contribution in [2.45, 2.75) is 25.5 Å². The van der Waals surface area contributed by atoms with Gasteiger partial charge in [0.05, 0.1) is 12.5 Å². The van der Waals surface area contributed by atoms with E-state index in [-0.39, 0.29) is 6.61 Å². The Bertz CT molecular complexity index is 830. The maximum absolute atomic E-state index is 11.8. The van der Waals surface area contributed by atoms with Crippen LogP contribution in [-0.4, -0.2) is 29.5 Å². The monoisotopic (exact) mass is 339 g/mol. The number of carbonyl (C=O) groups excluding carboxylic acids is 2. The highest BCUT2D eigenvalue weighted by Gasteiger charge is 2.21. The Labute approximate surface area is 144 Å². The van der Waals surface area contributed by atoms with Gasteiger partial charge in [0.1, 0.15) is 12.9 Å². The van der Waals surface area contributed by atoms with E-state index < -0.39 is 24.5 Å². The van der Waals surface area contributed by atoms with Crippen LogP contribution in [0.3, 0.4) is 0 Å². The summed E-state index contributed by atoms with van der Waals surface area (Å²) in [5.74, 6) is -1.17. The molecular weight excluding hydrogens is 322 g/mol. The molecule has 0 radical (unpaired) electrons. The minimum absolute atomic E-state index is 0.0572. The zero-order valence-corrected chi connectivity index (χ0v) is 13.4. The van der Waals surface area contributed by atoms with E-state index in [0.29, 0.717) is 6.29 Å². The number of carboxylic acids is 1. The van der Waals surface area contributed by atoms with Gasteiger partial charge in [-0.3, -0.25) is 4.79 Å². The van der Waals surface area contributed by atoms with E-state index in [1.807, 2.05) is 30.3 Å². The summed E-state index contributed by atoms with van der Waals surface area (Å²) in [4.78, 5) is 33.2. The van der Waals surface area contributed by atoms with Crippen LogP contribution in [-0.2, 0) is 27.4 Å². The lowest BCUT2D eigenvalue weighted by atomic mass is 10.0. The molecule has 0 heterocycles. The van der Waals surface area contributed by atoms with Gasteiger partial charge in [-0.2, -0.15) is 0 Å². The number of benzene rings is 2. The van der Waals surface area contributed by atoms with E-state index in [4.69, 9.17) is 9.84 Å². The van der Waals surface area contributed by atoms with E-state index in [1.165, 1.54) is 11.1 Å². The van der Waals surface area contributed by atoms with Crippen molar-refractivity contribution < 1.29 is 24.2 Å². The number of hydrogen-bond donors (Lipinski definition) is 2. The summed E-state index contributed by atoms with van der Waals surface area (Å²) >= 11 is 0. The number of fused-ring (bicyclic) bond motifs is 3. The van der Waals surface area contributed by atoms with Crippen molar-refractivity contribution in [2.24, 2.45) is 0 Å². The normalized spacial score (nSPS) is 12.6. The quantitative estimate of drug-likeness (QED) is 0.673. The SMILES string of the molecule is O=CC(CC(=O)O)NC(=O)OCc1cccc2c1Cc1ccccc1-2. The first-order valence-corrected chi connectivity index (χ1v) is 7.88. The van der Waals surface area contributed by atoms with Crippen molar-refractivity contribution in [3.63, 3.8) is 0 Å². The molecule has 1 aliphatic carbocycles. The molecule has 128 valence electrons. The van der Waals surface area contributed by atoms with E-state index >= 15 is 0 Å². The number of amides is 1. The number of ether oxygens (including phenoxy) is 1. The van der Waals surface area contributed by atoms with Crippen molar-refractivity contribution in [3.8, 4) is 11.1 Å². The van der Waals surface area contributed by atoms with Crippen LogP contribution in [0.5, 0.6) is 0 Å². The largest absolute Gasteiger partial charge is 0.481 e. The molecule has 2 aromatic carbocycles. The Balaban J connectivity index is 1.66. The number of carbonyl (C=O) groups is 3. The van der Waals surface area contributed by atoms with Gasteiger partial charge >= 0.3 is 12.1 Å². The molecule has 0 bridgehead atoms. The second-order valence-electron chi connectivity index (χ2n) is 5.84. The number of nitrogens with one attached hydrogen (secondary N) is 1. The smallest absolute Gasteiger partial charge is 0.408 e. The first kappa shape index (κ1) is 16.7. The molecule has 0 fully saturated rings. The molecule has 0 saturated heterocycles. The molecule has 25 heavy (non-hydrogen) atoms. The third kappa shape index (κ3) is 3.68. The van der Waals surface area contributed by atoms with Crippen LogP contribution in [0.4, 0.5) is 4.79 Å². The van der Waals surface area contributed by atoms with Gasteiger partial charge < -0.3 is 20.0 Å². The van der Waals surface area contributed by atoms with Gasteiger partial charge in [-0.05, 0) is 34.2 Å². The molecule has 2 N–H and O–H groups in total. The average Bonchev–Trinajstić information content (AvgIpc) is 2.98. The van der Waals surface area contributed by atoms with Crippen LogP contribution in [0, 0.1) is 0 Å². The minimum Gasteiger partial charge on any atom is -0.481 e. The zero-order chi connectivity index (χ0) is 17.8. The Morgan fingerprint density at radius 1 is 1.16 bits per heavy atom. The molecule has 1 amide bonds. The number of aldehydes is 1. The van der Waals surface area contributed by atoms with Gasteiger partial charge in [0.25, 0.3) is 0 Å².